The maximum Gasteiger partial charge on any atom is 0.416 e. The summed E-state index contributed by atoms with van der Waals surface area (Å²) >= 11 is 0. The van der Waals surface area contributed by atoms with Crippen LogP contribution in [0.3, 0.4) is 0 Å². The molecule has 0 radical (unpaired) electrons. The first-order chi connectivity index (χ1) is 18.9. The third-order valence-electron chi connectivity index (χ3n) is 6.51. The van der Waals surface area contributed by atoms with Crippen molar-refractivity contribution in [3.8, 4) is 22.9 Å². The summed E-state index contributed by atoms with van der Waals surface area (Å²) in [5.41, 5.74) is 1.53. The van der Waals surface area contributed by atoms with Gasteiger partial charge in [-0.15, -0.1) is 0 Å². The van der Waals surface area contributed by atoms with Gasteiger partial charge in [-0.2, -0.15) is 23.3 Å². The molecule has 0 amide bonds. The number of aromatic nitrogens is 3. The Morgan fingerprint density at radius 2 is 1.85 bits per heavy atom. The number of rotatable bonds is 7. The van der Waals surface area contributed by atoms with E-state index in [1.165, 1.54) is 35.1 Å². The Labute approximate surface area is 229 Å². The molecular formula is C28H27F3N4O4S. The van der Waals surface area contributed by atoms with Crippen molar-refractivity contribution in [2.75, 3.05) is 11.3 Å². The fourth-order valence-electron chi connectivity index (χ4n) is 4.73. The molecule has 0 fully saturated rings. The molecule has 0 aliphatic carbocycles. The standard InChI is InChI=1S/C28H27F3N4O4S/c1-17(2)39-27-6-4-5-26(33-27)34-40(36,37)19-8-10-22-21(12-14-38-25(22)16-19)20-9-7-18(28(29,30)31)15-23(20)24-11-13-32-35(24)3/h4-11,13,15-17,21H,12,14H2,1-3H3,(H,33,34)/t21-/m0/s1. The van der Waals surface area contributed by atoms with E-state index in [2.05, 4.69) is 14.8 Å². The van der Waals surface area contributed by atoms with E-state index in [-0.39, 0.29) is 35.2 Å². The van der Waals surface area contributed by atoms with Gasteiger partial charge < -0.3 is 9.47 Å². The van der Waals surface area contributed by atoms with Crippen molar-refractivity contribution in [2.24, 2.45) is 7.05 Å². The number of hydrogen-bond acceptors (Lipinski definition) is 6. The largest absolute Gasteiger partial charge is 0.493 e. The molecule has 0 saturated carbocycles. The van der Waals surface area contributed by atoms with Gasteiger partial charge in [0.2, 0.25) is 5.88 Å². The van der Waals surface area contributed by atoms with Crippen LogP contribution in [0.2, 0.25) is 0 Å². The molecule has 4 aromatic rings. The summed E-state index contributed by atoms with van der Waals surface area (Å²) in [4.78, 5) is 4.16. The number of halogens is 3. The molecular weight excluding hydrogens is 545 g/mol. The van der Waals surface area contributed by atoms with E-state index in [0.717, 1.165) is 12.1 Å². The van der Waals surface area contributed by atoms with Gasteiger partial charge in [-0.05, 0) is 56.2 Å². The molecule has 40 heavy (non-hydrogen) atoms. The maximum absolute atomic E-state index is 13.6. The summed E-state index contributed by atoms with van der Waals surface area (Å²) in [6, 6.07) is 14.6. The van der Waals surface area contributed by atoms with E-state index >= 15 is 0 Å². The Balaban J connectivity index is 1.50. The van der Waals surface area contributed by atoms with E-state index in [1.807, 2.05) is 13.8 Å². The van der Waals surface area contributed by atoms with Gasteiger partial charge in [0, 0.05) is 42.4 Å². The fourth-order valence-corrected chi connectivity index (χ4v) is 5.75. The van der Waals surface area contributed by atoms with Crippen molar-refractivity contribution in [1.82, 2.24) is 14.8 Å². The van der Waals surface area contributed by atoms with Crippen molar-refractivity contribution < 1.29 is 31.1 Å². The highest BCUT2D eigenvalue weighted by molar-refractivity contribution is 7.92. The zero-order chi connectivity index (χ0) is 28.7. The van der Waals surface area contributed by atoms with E-state index < -0.39 is 21.8 Å². The fraction of sp³-hybridized carbons (Fsp3) is 0.286. The van der Waals surface area contributed by atoms with Crippen molar-refractivity contribution in [2.45, 2.75) is 43.4 Å². The number of benzene rings is 2. The second kappa shape index (κ2) is 10.5. The maximum atomic E-state index is 13.6. The number of anilines is 1. The van der Waals surface area contributed by atoms with E-state index in [0.29, 0.717) is 34.6 Å². The van der Waals surface area contributed by atoms with Crippen molar-refractivity contribution in [3.05, 3.63) is 83.6 Å². The van der Waals surface area contributed by atoms with Gasteiger partial charge >= 0.3 is 6.18 Å². The highest BCUT2D eigenvalue weighted by Crippen LogP contribution is 2.44. The third-order valence-corrected chi connectivity index (χ3v) is 7.86. The first-order valence-corrected chi connectivity index (χ1v) is 14.0. The minimum Gasteiger partial charge on any atom is -0.493 e. The van der Waals surface area contributed by atoms with Crippen LogP contribution >= 0.6 is 0 Å². The zero-order valence-corrected chi connectivity index (χ0v) is 22.8. The first kappa shape index (κ1) is 27.5. The Hall–Kier alpha value is -4.06. The molecule has 1 aliphatic rings. The summed E-state index contributed by atoms with van der Waals surface area (Å²) in [6.07, 6.45) is -2.61. The third kappa shape index (κ3) is 5.62. The molecule has 210 valence electrons. The second-order valence-corrected chi connectivity index (χ2v) is 11.3. The van der Waals surface area contributed by atoms with Crippen LogP contribution in [0.5, 0.6) is 11.6 Å². The molecule has 12 heteroatoms. The van der Waals surface area contributed by atoms with Crippen LogP contribution in [0, 0.1) is 0 Å². The lowest BCUT2D eigenvalue weighted by Crippen LogP contribution is -2.19. The van der Waals surface area contributed by atoms with Gasteiger partial charge in [-0.1, -0.05) is 18.2 Å². The monoisotopic (exact) mass is 572 g/mol. The van der Waals surface area contributed by atoms with Gasteiger partial charge in [-0.3, -0.25) is 9.40 Å². The van der Waals surface area contributed by atoms with Crippen molar-refractivity contribution in [1.29, 1.82) is 0 Å². The molecule has 8 nitrogen and oxygen atoms in total. The zero-order valence-electron chi connectivity index (χ0n) is 21.9. The number of alkyl halides is 3. The SMILES string of the molecule is CC(C)Oc1cccc(NS(=O)(=O)c2ccc3c(c2)OCC[C@H]3c2ccc(C(F)(F)F)cc2-c2ccnn2C)n1. The Kier molecular flexibility index (Phi) is 7.21. The summed E-state index contributed by atoms with van der Waals surface area (Å²) in [6.45, 7) is 3.93. The number of hydrogen-bond donors (Lipinski definition) is 1. The predicted molar refractivity (Wildman–Crippen MR) is 143 cm³/mol. The number of fused-ring (bicyclic) bond motifs is 1. The number of pyridine rings is 1. The Morgan fingerprint density at radius 3 is 2.55 bits per heavy atom. The summed E-state index contributed by atoms with van der Waals surface area (Å²) in [5.74, 6) is 0.403. The minimum absolute atomic E-state index is 0.0387. The van der Waals surface area contributed by atoms with E-state index in [1.54, 1.807) is 31.3 Å². The number of ether oxygens (including phenoxy) is 2. The minimum atomic E-state index is -4.51. The number of nitrogens with zero attached hydrogens (tertiary/aromatic N) is 3. The van der Waals surface area contributed by atoms with Gasteiger partial charge in [0.1, 0.15) is 11.6 Å². The predicted octanol–water partition coefficient (Wildman–Crippen LogP) is 6.00. The van der Waals surface area contributed by atoms with Crippen LogP contribution in [-0.4, -0.2) is 35.9 Å². The quantitative estimate of drug-likeness (QED) is 0.292. The van der Waals surface area contributed by atoms with Crippen LogP contribution in [-0.2, 0) is 23.2 Å². The van der Waals surface area contributed by atoms with Gasteiger partial charge in [0.25, 0.3) is 10.0 Å². The molecule has 0 spiro atoms. The van der Waals surface area contributed by atoms with Crippen LogP contribution < -0.4 is 14.2 Å². The molecule has 2 aromatic carbocycles. The molecule has 2 aromatic heterocycles. The summed E-state index contributed by atoms with van der Waals surface area (Å²) in [5, 5.41) is 4.13. The molecule has 0 unspecified atom stereocenters. The van der Waals surface area contributed by atoms with Gasteiger partial charge in [-0.25, -0.2) is 8.42 Å². The first-order valence-electron chi connectivity index (χ1n) is 12.5. The lowest BCUT2D eigenvalue weighted by Gasteiger charge is -2.29. The van der Waals surface area contributed by atoms with Crippen LogP contribution in [0.25, 0.3) is 11.3 Å². The van der Waals surface area contributed by atoms with Gasteiger partial charge in [0.15, 0.2) is 0 Å². The van der Waals surface area contributed by atoms with Crippen LogP contribution in [0.4, 0.5) is 19.0 Å². The topological polar surface area (TPSA) is 95.3 Å². The normalized spacial score (nSPS) is 15.4. The number of aryl methyl sites for hydroxylation is 1. The highest BCUT2D eigenvalue weighted by Gasteiger charge is 2.34. The molecule has 5 rings (SSSR count). The van der Waals surface area contributed by atoms with Crippen LogP contribution in [0.1, 0.15) is 42.9 Å². The molecule has 1 N–H and O–H groups in total. The smallest absolute Gasteiger partial charge is 0.416 e. The lowest BCUT2D eigenvalue weighted by molar-refractivity contribution is -0.137. The Morgan fingerprint density at radius 1 is 1.07 bits per heavy atom. The number of nitrogens with one attached hydrogen (secondary N) is 1. The van der Waals surface area contributed by atoms with E-state index in [9.17, 15) is 21.6 Å². The van der Waals surface area contributed by atoms with Crippen molar-refractivity contribution in [3.63, 3.8) is 0 Å². The van der Waals surface area contributed by atoms with Gasteiger partial charge in [0.05, 0.1) is 28.9 Å². The van der Waals surface area contributed by atoms with Crippen LogP contribution in [0.15, 0.2) is 71.8 Å². The molecule has 3 heterocycles. The highest BCUT2D eigenvalue weighted by atomic mass is 32.2. The molecule has 1 aliphatic heterocycles. The molecule has 1 atom stereocenters. The summed E-state index contributed by atoms with van der Waals surface area (Å²) in [7, 11) is -2.36. The average Bonchev–Trinajstić information content (AvgIpc) is 3.32. The molecule has 0 saturated heterocycles. The lowest BCUT2D eigenvalue weighted by atomic mass is 9.83. The average molecular weight is 573 g/mol. The van der Waals surface area contributed by atoms with E-state index in [4.69, 9.17) is 9.47 Å². The summed E-state index contributed by atoms with van der Waals surface area (Å²) < 4.78 is 82.5. The Bertz CT molecular complexity index is 1650. The second-order valence-electron chi connectivity index (χ2n) is 9.66. The number of sulfonamides is 1. The molecule has 0 bridgehead atoms. The van der Waals surface area contributed by atoms with Crippen molar-refractivity contribution >= 4 is 15.8 Å².